The van der Waals surface area contributed by atoms with Crippen LogP contribution >= 0.6 is 11.6 Å². The van der Waals surface area contributed by atoms with E-state index in [-0.39, 0.29) is 5.56 Å². The summed E-state index contributed by atoms with van der Waals surface area (Å²) in [6, 6.07) is 10.5. The highest BCUT2D eigenvalue weighted by molar-refractivity contribution is 6.33. The maximum Gasteiger partial charge on any atom is 0.250 e. The fourth-order valence-corrected chi connectivity index (χ4v) is 2.14. The largest absolute Gasteiger partial charge is 0.491 e. The second-order valence-corrected chi connectivity index (χ2v) is 4.70. The lowest BCUT2D eigenvalue weighted by molar-refractivity contribution is 0.146. The van der Waals surface area contributed by atoms with Crippen LogP contribution < -0.4 is 10.3 Å². The maximum absolute atomic E-state index is 11.6. The van der Waals surface area contributed by atoms with Gasteiger partial charge in [0, 0.05) is 25.8 Å². The van der Waals surface area contributed by atoms with Gasteiger partial charge >= 0.3 is 0 Å². The van der Waals surface area contributed by atoms with Crippen molar-refractivity contribution < 1.29 is 9.47 Å². The zero-order valence-corrected chi connectivity index (χ0v) is 12.2. The summed E-state index contributed by atoms with van der Waals surface area (Å²) in [7, 11) is 3.34. The normalized spacial score (nSPS) is 10.6. The van der Waals surface area contributed by atoms with Crippen LogP contribution in [0.1, 0.15) is 0 Å². The summed E-state index contributed by atoms with van der Waals surface area (Å²) in [5.74, 6) is 0.678. The Kier molecular flexibility index (Phi) is 4.82. The first-order valence-corrected chi connectivity index (χ1v) is 6.59. The van der Waals surface area contributed by atoms with E-state index in [0.29, 0.717) is 24.0 Å². The lowest BCUT2D eigenvalue weighted by Gasteiger charge is -2.11. The third-order valence-electron chi connectivity index (χ3n) is 2.96. The number of methoxy groups -OCH3 is 1. The number of nitrogens with zero attached hydrogens (tertiary/aromatic N) is 1. The number of pyridine rings is 1. The van der Waals surface area contributed by atoms with Crippen LogP contribution in [0.3, 0.4) is 0 Å². The molecule has 0 fully saturated rings. The molecule has 1 aromatic carbocycles. The van der Waals surface area contributed by atoms with Gasteiger partial charge in [-0.15, -0.1) is 0 Å². The molecule has 0 radical (unpaired) electrons. The van der Waals surface area contributed by atoms with E-state index in [1.165, 1.54) is 6.07 Å². The lowest BCUT2D eigenvalue weighted by Crippen LogP contribution is -2.16. The molecule has 2 rings (SSSR count). The fourth-order valence-electron chi connectivity index (χ4n) is 1.87. The molecule has 0 amide bonds. The van der Waals surface area contributed by atoms with Gasteiger partial charge in [0.25, 0.3) is 5.56 Å². The third kappa shape index (κ3) is 3.21. The van der Waals surface area contributed by atoms with E-state index in [0.717, 1.165) is 11.3 Å². The summed E-state index contributed by atoms with van der Waals surface area (Å²) < 4.78 is 12.0. The second-order valence-electron chi connectivity index (χ2n) is 4.29. The van der Waals surface area contributed by atoms with Crippen molar-refractivity contribution in [1.29, 1.82) is 0 Å². The van der Waals surface area contributed by atoms with Crippen LogP contribution in [0.25, 0.3) is 11.3 Å². The van der Waals surface area contributed by atoms with Gasteiger partial charge in [0.1, 0.15) is 12.4 Å². The van der Waals surface area contributed by atoms with E-state index >= 15 is 0 Å². The minimum absolute atomic E-state index is 0.0704. The molecule has 0 aliphatic heterocycles. The quantitative estimate of drug-likeness (QED) is 0.796. The van der Waals surface area contributed by atoms with Crippen LogP contribution in [0.2, 0.25) is 5.02 Å². The number of hydrogen-bond acceptors (Lipinski definition) is 3. The van der Waals surface area contributed by atoms with Crippen molar-refractivity contribution in [3.8, 4) is 17.0 Å². The van der Waals surface area contributed by atoms with Crippen molar-refractivity contribution in [3.63, 3.8) is 0 Å². The molecule has 0 saturated heterocycles. The molecule has 0 atom stereocenters. The van der Waals surface area contributed by atoms with Gasteiger partial charge < -0.3 is 14.0 Å². The molecule has 0 unspecified atom stereocenters. The number of aromatic nitrogens is 1. The minimum Gasteiger partial charge on any atom is -0.491 e. The predicted octanol–water partition coefficient (Wildman–Crippen LogP) is 2.73. The van der Waals surface area contributed by atoms with Gasteiger partial charge in [0.05, 0.1) is 17.3 Å². The first kappa shape index (κ1) is 14.6. The lowest BCUT2D eigenvalue weighted by atomic mass is 10.1. The van der Waals surface area contributed by atoms with E-state index in [1.807, 2.05) is 18.2 Å². The Labute approximate surface area is 122 Å². The Hall–Kier alpha value is -1.78. The highest BCUT2D eigenvalue weighted by Gasteiger charge is 2.08. The van der Waals surface area contributed by atoms with Crippen LogP contribution in [0.4, 0.5) is 0 Å². The van der Waals surface area contributed by atoms with Crippen molar-refractivity contribution >= 4 is 11.6 Å². The highest BCUT2D eigenvalue weighted by Crippen LogP contribution is 2.30. The molecular weight excluding hydrogens is 278 g/mol. The van der Waals surface area contributed by atoms with E-state index in [2.05, 4.69) is 0 Å². The SMILES string of the molecule is COCCOc1ccc(-c2cccc(=O)n2C)c(Cl)c1. The predicted molar refractivity (Wildman–Crippen MR) is 79.5 cm³/mol. The Morgan fingerprint density at radius 2 is 2.00 bits per heavy atom. The van der Waals surface area contributed by atoms with Gasteiger partial charge in [-0.1, -0.05) is 17.7 Å². The Morgan fingerprint density at radius 1 is 1.20 bits per heavy atom. The standard InChI is InChI=1S/C15H16ClNO3/c1-17-14(4-3-5-15(17)18)12-7-6-11(10-13(12)16)20-9-8-19-2/h3-7,10H,8-9H2,1-2H3. The zero-order valence-electron chi connectivity index (χ0n) is 11.4. The van der Waals surface area contributed by atoms with Gasteiger partial charge in [0.15, 0.2) is 0 Å². The average molecular weight is 294 g/mol. The van der Waals surface area contributed by atoms with E-state index < -0.39 is 0 Å². The van der Waals surface area contributed by atoms with Gasteiger partial charge in [-0.2, -0.15) is 0 Å². The summed E-state index contributed by atoms with van der Waals surface area (Å²) in [5.41, 5.74) is 1.50. The van der Waals surface area contributed by atoms with Crippen LogP contribution in [0, 0.1) is 0 Å². The van der Waals surface area contributed by atoms with E-state index in [9.17, 15) is 4.79 Å². The Balaban J connectivity index is 2.30. The molecule has 1 aromatic heterocycles. The fraction of sp³-hybridized carbons (Fsp3) is 0.267. The number of hydrogen-bond donors (Lipinski definition) is 0. The monoisotopic (exact) mass is 293 g/mol. The highest BCUT2D eigenvalue weighted by atomic mass is 35.5. The van der Waals surface area contributed by atoms with Gasteiger partial charge in [-0.05, 0) is 24.3 Å². The van der Waals surface area contributed by atoms with E-state index in [1.54, 1.807) is 30.9 Å². The van der Waals surface area contributed by atoms with Crippen molar-refractivity contribution in [2.24, 2.45) is 7.05 Å². The molecule has 4 nitrogen and oxygen atoms in total. The molecule has 0 saturated carbocycles. The number of benzene rings is 1. The summed E-state index contributed by atoms with van der Waals surface area (Å²) in [4.78, 5) is 11.6. The second kappa shape index (κ2) is 6.59. The van der Waals surface area contributed by atoms with Gasteiger partial charge in [-0.3, -0.25) is 4.79 Å². The summed E-state index contributed by atoms with van der Waals surface area (Å²) in [5, 5.41) is 0.543. The molecule has 106 valence electrons. The molecule has 20 heavy (non-hydrogen) atoms. The third-order valence-corrected chi connectivity index (χ3v) is 3.27. The number of ether oxygens (including phenoxy) is 2. The smallest absolute Gasteiger partial charge is 0.250 e. The van der Waals surface area contributed by atoms with Gasteiger partial charge in [-0.25, -0.2) is 0 Å². The summed E-state index contributed by atoms with van der Waals surface area (Å²) in [6.07, 6.45) is 0. The topological polar surface area (TPSA) is 40.5 Å². The van der Waals surface area contributed by atoms with E-state index in [4.69, 9.17) is 21.1 Å². The maximum atomic E-state index is 11.6. The number of rotatable bonds is 5. The Bertz CT molecular complexity index is 652. The summed E-state index contributed by atoms with van der Waals surface area (Å²) in [6.45, 7) is 0.989. The zero-order chi connectivity index (χ0) is 14.5. The van der Waals surface area contributed by atoms with Crippen LogP contribution in [0.5, 0.6) is 5.75 Å². The van der Waals surface area contributed by atoms with Crippen molar-refractivity contribution in [2.45, 2.75) is 0 Å². The van der Waals surface area contributed by atoms with Crippen molar-refractivity contribution in [3.05, 3.63) is 51.8 Å². The molecule has 0 spiro atoms. The molecule has 5 heteroatoms. The average Bonchev–Trinajstić information content (AvgIpc) is 2.43. The summed E-state index contributed by atoms with van der Waals surface area (Å²) >= 11 is 6.27. The first-order valence-electron chi connectivity index (χ1n) is 6.21. The molecule has 1 heterocycles. The molecule has 0 N–H and O–H groups in total. The van der Waals surface area contributed by atoms with Crippen molar-refractivity contribution in [2.75, 3.05) is 20.3 Å². The van der Waals surface area contributed by atoms with Gasteiger partial charge in [0.2, 0.25) is 0 Å². The van der Waals surface area contributed by atoms with Crippen LogP contribution in [-0.2, 0) is 11.8 Å². The minimum atomic E-state index is -0.0704. The number of halogens is 1. The van der Waals surface area contributed by atoms with Crippen LogP contribution in [-0.4, -0.2) is 24.9 Å². The Morgan fingerprint density at radius 3 is 2.70 bits per heavy atom. The molecular formula is C15H16ClNO3. The molecule has 2 aromatic rings. The van der Waals surface area contributed by atoms with Crippen LogP contribution in [0.15, 0.2) is 41.2 Å². The molecule has 0 bridgehead atoms. The molecule has 0 aliphatic rings. The first-order chi connectivity index (χ1) is 9.63. The molecule has 0 aliphatic carbocycles. The van der Waals surface area contributed by atoms with Crippen molar-refractivity contribution in [1.82, 2.24) is 4.57 Å².